The lowest BCUT2D eigenvalue weighted by Gasteiger charge is -2.22. The molecule has 7 nitrogen and oxygen atoms in total. The van der Waals surface area contributed by atoms with Gasteiger partial charge in [-0.1, -0.05) is 0 Å². The fourth-order valence-corrected chi connectivity index (χ4v) is 2.98. The van der Waals surface area contributed by atoms with E-state index in [1.54, 1.807) is 21.1 Å². The first-order valence-electron chi connectivity index (χ1n) is 6.70. The molecule has 1 heterocycles. The number of aliphatic hydroxyl groups is 1. The first kappa shape index (κ1) is 17.8. The van der Waals surface area contributed by atoms with Crippen LogP contribution in [0.25, 0.3) is 0 Å². The second-order valence-corrected chi connectivity index (χ2v) is 5.66. The third kappa shape index (κ3) is 5.24. The van der Waals surface area contributed by atoms with E-state index in [0.29, 0.717) is 36.2 Å². The second kappa shape index (κ2) is 8.93. The predicted octanol–water partition coefficient (Wildman–Crippen LogP) is 2.20. The molecule has 0 amide bonds. The van der Waals surface area contributed by atoms with E-state index in [4.69, 9.17) is 9.47 Å². The number of nitro groups is 1. The van der Waals surface area contributed by atoms with Crippen molar-refractivity contribution < 1.29 is 19.5 Å². The molecule has 0 fully saturated rings. The minimum absolute atomic E-state index is 0.0319. The lowest BCUT2D eigenvalue weighted by molar-refractivity contribution is -0.383. The van der Waals surface area contributed by atoms with E-state index >= 15 is 0 Å². The molecule has 0 radical (unpaired) electrons. The van der Waals surface area contributed by atoms with Gasteiger partial charge in [-0.05, 0) is 13.3 Å². The van der Waals surface area contributed by atoms with E-state index in [0.717, 1.165) is 6.42 Å². The summed E-state index contributed by atoms with van der Waals surface area (Å²) >= 11 is 1.25. The number of ether oxygens (including phenoxy) is 2. The number of hydrogen-bond acceptors (Lipinski definition) is 7. The van der Waals surface area contributed by atoms with Crippen molar-refractivity contribution in [3.63, 3.8) is 0 Å². The number of nitrogens with zero attached hydrogens (tertiary/aromatic N) is 2. The maximum absolute atomic E-state index is 11.2. The SMILES string of the molecule is COCCCN(CCOC)c1sc([C@@H](C)O)cc1[N+](=O)[O-]. The molecule has 0 bridgehead atoms. The van der Waals surface area contributed by atoms with Crippen molar-refractivity contribution in [2.75, 3.05) is 45.4 Å². The van der Waals surface area contributed by atoms with Gasteiger partial charge in [0.05, 0.1) is 17.6 Å². The number of hydrogen-bond donors (Lipinski definition) is 1. The Morgan fingerprint density at radius 1 is 1.38 bits per heavy atom. The minimum atomic E-state index is -0.717. The number of thiophene rings is 1. The van der Waals surface area contributed by atoms with Crippen molar-refractivity contribution >= 4 is 22.0 Å². The van der Waals surface area contributed by atoms with Crippen LogP contribution in [-0.4, -0.2) is 50.6 Å². The van der Waals surface area contributed by atoms with Gasteiger partial charge in [0.15, 0.2) is 5.00 Å². The Hall–Kier alpha value is -1.22. The zero-order chi connectivity index (χ0) is 15.8. The molecule has 0 aliphatic rings. The fourth-order valence-electron chi connectivity index (χ4n) is 1.87. The molecule has 0 saturated carbocycles. The molecule has 0 aliphatic heterocycles. The largest absolute Gasteiger partial charge is 0.388 e. The van der Waals surface area contributed by atoms with Gasteiger partial charge in [-0.3, -0.25) is 10.1 Å². The van der Waals surface area contributed by atoms with Crippen molar-refractivity contribution in [3.8, 4) is 0 Å². The number of anilines is 1. The zero-order valence-electron chi connectivity index (χ0n) is 12.6. The first-order chi connectivity index (χ1) is 10.0. The molecule has 1 aromatic heterocycles. The molecule has 1 rings (SSSR count). The molecule has 1 N–H and O–H groups in total. The van der Waals surface area contributed by atoms with E-state index in [1.807, 2.05) is 4.90 Å². The van der Waals surface area contributed by atoms with Crippen LogP contribution in [0.1, 0.15) is 24.3 Å². The van der Waals surface area contributed by atoms with Crippen molar-refractivity contribution in [2.24, 2.45) is 0 Å². The molecule has 0 aromatic carbocycles. The third-order valence-corrected chi connectivity index (χ3v) is 4.31. The average molecular weight is 318 g/mol. The average Bonchev–Trinajstić information content (AvgIpc) is 2.88. The Morgan fingerprint density at radius 2 is 2.05 bits per heavy atom. The van der Waals surface area contributed by atoms with E-state index in [2.05, 4.69) is 0 Å². The summed E-state index contributed by atoms with van der Waals surface area (Å²) in [5.74, 6) is 0. The van der Waals surface area contributed by atoms with Gasteiger partial charge < -0.3 is 19.5 Å². The van der Waals surface area contributed by atoms with Crippen molar-refractivity contribution in [3.05, 3.63) is 21.1 Å². The topological polar surface area (TPSA) is 85.1 Å². The highest BCUT2D eigenvalue weighted by atomic mass is 32.1. The molecular formula is C13H22N2O5S. The number of rotatable bonds is 10. The highest BCUT2D eigenvalue weighted by Gasteiger charge is 2.25. The van der Waals surface area contributed by atoms with Gasteiger partial charge in [-0.15, -0.1) is 11.3 Å². The number of aliphatic hydroxyl groups excluding tert-OH is 1. The summed E-state index contributed by atoms with van der Waals surface area (Å²) in [6, 6.07) is 1.45. The highest BCUT2D eigenvalue weighted by molar-refractivity contribution is 7.16. The van der Waals surface area contributed by atoms with E-state index < -0.39 is 11.0 Å². The monoisotopic (exact) mass is 318 g/mol. The Bertz CT molecular complexity index is 450. The van der Waals surface area contributed by atoms with Crippen molar-refractivity contribution in [2.45, 2.75) is 19.4 Å². The number of methoxy groups -OCH3 is 2. The molecule has 1 aromatic rings. The van der Waals surface area contributed by atoms with Crippen LogP contribution >= 0.6 is 11.3 Å². The molecule has 0 spiro atoms. The second-order valence-electron chi connectivity index (χ2n) is 4.60. The summed E-state index contributed by atoms with van der Waals surface area (Å²) in [6.07, 6.45) is 0.0462. The Morgan fingerprint density at radius 3 is 2.57 bits per heavy atom. The zero-order valence-corrected chi connectivity index (χ0v) is 13.4. The molecule has 21 heavy (non-hydrogen) atoms. The smallest absolute Gasteiger partial charge is 0.304 e. The summed E-state index contributed by atoms with van der Waals surface area (Å²) in [5.41, 5.74) is 0.0319. The summed E-state index contributed by atoms with van der Waals surface area (Å²) < 4.78 is 10.1. The lowest BCUT2D eigenvalue weighted by atomic mass is 10.3. The fraction of sp³-hybridized carbons (Fsp3) is 0.692. The van der Waals surface area contributed by atoms with Crippen LogP contribution in [0.4, 0.5) is 10.7 Å². The maximum Gasteiger partial charge on any atom is 0.304 e. The standard InChI is InChI=1S/C13H22N2O5S/c1-10(16)12-9-11(15(17)18)13(21-12)14(6-8-20-3)5-4-7-19-2/h9-10,16H,4-8H2,1-3H3/t10-/m1/s1. The lowest BCUT2D eigenvalue weighted by Crippen LogP contribution is -2.28. The summed E-state index contributed by atoms with van der Waals surface area (Å²) in [5, 5.41) is 21.4. The van der Waals surface area contributed by atoms with Crippen molar-refractivity contribution in [1.29, 1.82) is 0 Å². The Balaban J connectivity index is 2.99. The van der Waals surface area contributed by atoms with Crippen LogP contribution in [0.3, 0.4) is 0 Å². The van der Waals surface area contributed by atoms with Crippen LogP contribution in [0.2, 0.25) is 0 Å². The van der Waals surface area contributed by atoms with Crippen molar-refractivity contribution in [1.82, 2.24) is 0 Å². The molecule has 0 saturated heterocycles. The highest BCUT2D eigenvalue weighted by Crippen LogP contribution is 2.40. The first-order valence-corrected chi connectivity index (χ1v) is 7.51. The van der Waals surface area contributed by atoms with Crippen LogP contribution in [0.5, 0.6) is 0 Å². The van der Waals surface area contributed by atoms with E-state index in [1.165, 1.54) is 17.4 Å². The van der Waals surface area contributed by atoms with E-state index in [9.17, 15) is 15.2 Å². The van der Waals surface area contributed by atoms with E-state index in [-0.39, 0.29) is 5.69 Å². The Kier molecular flexibility index (Phi) is 7.58. The van der Waals surface area contributed by atoms with Crippen LogP contribution < -0.4 is 4.90 Å². The molecule has 0 aliphatic carbocycles. The van der Waals surface area contributed by atoms with Crippen LogP contribution in [-0.2, 0) is 9.47 Å². The Labute approximate surface area is 128 Å². The molecular weight excluding hydrogens is 296 g/mol. The predicted molar refractivity (Wildman–Crippen MR) is 82.2 cm³/mol. The third-order valence-electron chi connectivity index (χ3n) is 2.95. The van der Waals surface area contributed by atoms with Gasteiger partial charge in [0, 0.05) is 44.9 Å². The van der Waals surface area contributed by atoms with Gasteiger partial charge >= 0.3 is 5.69 Å². The summed E-state index contributed by atoms with van der Waals surface area (Å²) in [6.45, 7) is 3.86. The molecule has 8 heteroatoms. The van der Waals surface area contributed by atoms with Crippen LogP contribution in [0.15, 0.2) is 6.07 Å². The molecule has 120 valence electrons. The van der Waals surface area contributed by atoms with Gasteiger partial charge in [0.25, 0.3) is 0 Å². The van der Waals surface area contributed by atoms with Gasteiger partial charge in [0.2, 0.25) is 0 Å². The van der Waals surface area contributed by atoms with Gasteiger partial charge in [-0.25, -0.2) is 0 Å². The van der Waals surface area contributed by atoms with Crippen LogP contribution in [0, 0.1) is 10.1 Å². The summed E-state index contributed by atoms with van der Waals surface area (Å²) in [4.78, 5) is 13.3. The minimum Gasteiger partial charge on any atom is -0.388 e. The summed E-state index contributed by atoms with van der Waals surface area (Å²) in [7, 11) is 3.22. The molecule has 1 atom stereocenters. The normalized spacial score (nSPS) is 12.4. The van der Waals surface area contributed by atoms with Gasteiger partial charge in [-0.2, -0.15) is 0 Å². The molecule has 0 unspecified atom stereocenters. The quantitative estimate of drug-likeness (QED) is 0.404. The van der Waals surface area contributed by atoms with Gasteiger partial charge in [0.1, 0.15) is 0 Å². The maximum atomic E-state index is 11.2.